The van der Waals surface area contributed by atoms with E-state index >= 15 is 0 Å². The molecule has 0 fully saturated rings. The maximum atomic E-state index is 12.6. The Bertz CT molecular complexity index is 747. The van der Waals surface area contributed by atoms with Crippen molar-refractivity contribution in [2.45, 2.75) is 117 Å². The summed E-state index contributed by atoms with van der Waals surface area (Å²) < 4.78 is 5.69. The van der Waals surface area contributed by atoms with Crippen molar-refractivity contribution in [3.05, 3.63) is 41.2 Å². The van der Waals surface area contributed by atoms with E-state index < -0.39 is 0 Å². The van der Waals surface area contributed by atoms with Crippen LogP contribution in [-0.2, 0) is 14.3 Å². The van der Waals surface area contributed by atoms with Crippen LogP contribution in [0.1, 0.15) is 121 Å². The van der Waals surface area contributed by atoms with Crippen LogP contribution in [0.25, 0.3) is 5.57 Å². The van der Waals surface area contributed by atoms with Gasteiger partial charge in [0.15, 0.2) is 5.78 Å². The lowest BCUT2D eigenvalue weighted by Crippen LogP contribution is -2.05. The Morgan fingerprint density at radius 2 is 1.47 bits per heavy atom. The van der Waals surface area contributed by atoms with E-state index in [2.05, 4.69) is 6.92 Å². The lowest BCUT2D eigenvalue weighted by atomic mass is 9.99. The Labute approximate surface area is 196 Å². The number of Topliss-reactive ketones (excluding diaryl/α,β-unsaturated/α-hetero) is 1. The van der Waals surface area contributed by atoms with E-state index in [1.807, 2.05) is 38.1 Å². The molecule has 1 atom stereocenters. The van der Waals surface area contributed by atoms with Gasteiger partial charge in [-0.15, -0.1) is 0 Å². The molecular formula is C29H44O3. The summed E-state index contributed by atoms with van der Waals surface area (Å²) in [7, 11) is 0. The van der Waals surface area contributed by atoms with Gasteiger partial charge in [0, 0.05) is 18.8 Å². The molecule has 1 aromatic rings. The van der Waals surface area contributed by atoms with Crippen LogP contribution in [0, 0.1) is 12.8 Å². The molecule has 32 heavy (non-hydrogen) atoms. The highest BCUT2D eigenvalue weighted by atomic mass is 16.5. The first-order chi connectivity index (χ1) is 15.5. The van der Waals surface area contributed by atoms with Crippen molar-refractivity contribution in [3.63, 3.8) is 0 Å². The van der Waals surface area contributed by atoms with Crippen molar-refractivity contribution in [3.8, 4) is 0 Å². The number of ether oxygens (including phenoxy) is 1. The molecule has 0 aliphatic heterocycles. The summed E-state index contributed by atoms with van der Waals surface area (Å²) in [4.78, 5) is 25.0. The standard InChI is InChI=1S/C29H44O3/c1-4-5-6-7-8-9-10-11-12-13-14-15-16-20-27(30)32-26-22-24(3)29(31)28(26)25-19-17-18-23(2)21-25/h17-19,21,24H,4-16,20,22H2,1-3H3. The Balaban J connectivity index is 1.61. The molecular weight excluding hydrogens is 396 g/mol. The second-order valence-corrected chi connectivity index (χ2v) is 9.60. The number of hydrogen-bond donors (Lipinski definition) is 0. The van der Waals surface area contributed by atoms with Gasteiger partial charge in [-0.05, 0) is 18.9 Å². The highest BCUT2D eigenvalue weighted by Gasteiger charge is 2.33. The van der Waals surface area contributed by atoms with Gasteiger partial charge in [-0.1, -0.05) is 121 Å². The predicted octanol–water partition coefficient (Wildman–Crippen LogP) is 8.34. The summed E-state index contributed by atoms with van der Waals surface area (Å²) >= 11 is 0. The third-order valence-corrected chi connectivity index (χ3v) is 6.49. The smallest absolute Gasteiger partial charge is 0.310 e. The van der Waals surface area contributed by atoms with Crippen molar-refractivity contribution in [1.29, 1.82) is 0 Å². The number of aryl methyl sites for hydroxylation is 1. The molecule has 0 aromatic heterocycles. The van der Waals surface area contributed by atoms with Crippen LogP contribution in [-0.4, -0.2) is 11.8 Å². The van der Waals surface area contributed by atoms with Crippen LogP contribution in [0.3, 0.4) is 0 Å². The highest BCUT2D eigenvalue weighted by Crippen LogP contribution is 2.36. The Morgan fingerprint density at radius 1 is 0.906 bits per heavy atom. The third-order valence-electron chi connectivity index (χ3n) is 6.49. The largest absolute Gasteiger partial charge is 0.430 e. The van der Waals surface area contributed by atoms with E-state index in [9.17, 15) is 9.59 Å². The van der Waals surface area contributed by atoms with E-state index in [4.69, 9.17) is 4.74 Å². The molecule has 2 rings (SSSR count). The molecule has 1 aromatic carbocycles. The Kier molecular flexibility index (Phi) is 12.4. The first-order valence-corrected chi connectivity index (χ1v) is 13.1. The monoisotopic (exact) mass is 440 g/mol. The van der Waals surface area contributed by atoms with Crippen molar-refractivity contribution < 1.29 is 14.3 Å². The van der Waals surface area contributed by atoms with Gasteiger partial charge in [-0.3, -0.25) is 9.59 Å². The number of allylic oxidation sites excluding steroid dienone is 2. The SMILES string of the molecule is CCCCCCCCCCCCCCCC(=O)OC1=C(c2cccc(C)c2)C(=O)C(C)C1. The number of unbranched alkanes of at least 4 members (excludes halogenated alkanes) is 12. The molecule has 0 radical (unpaired) electrons. The Morgan fingerprint density at radius 3 is 2.03 bits per heavy atom. The van der Waals surface area contributed by atoms with Gasteiger partial charge in [0.2, 0.25) is 0 Å². The maximum absolute atomic E-state index is 12.6. The number of hydrogen-bond acceptors (Lipinski definition) is 3. The Hall–Kier alpha value is -1.90. The predicted molar refractivity (Wildman–Crippen MR) is 133 cm³/mol. The number of rotatable bonds is 16. The summed E-state index contributed by atoms with van der Waals surface area (Å²) in [5.74, 6) is 0.326. The van der Waals surface area contributed by atoms with Gasteiger partial charge in [-0.2, -0.15) is 0 Å². The summed E-state index contributed by atoms with van der Waals surface area (Å²) in [5, 5.41) is 0. The number of carbonyl (C=O) groups excluding carboxylic acids is 2. The minimum absolute atomic E-state index is 0.0827. The van der Waals surface area contributed by atoms with Crippen LogP contribution >= 0.6 is 0 Å². The van der Waals surface area contributed by atoms with E-state index in [1.165, 1.54) is 70.6 Å². The topological polar surface area (TPSA) is 43.4 Å². The molecule has 0 saturated heterocycles. The average molecular weight is 441 g/mol. The fraction of sp³-hybridized carbons (Fsp3) is 0.655. The summed E-state index contributed by atoms with van der Waals surface area (Å²) in [5.41, 5.74) is 2.56. The van der Waals surface area contributed by atoms with Crippen LogP contribution in [0.5, 0.6) is 0 Å². The van der Waals surface area contributed by atoms with Crippen molar-refractivity contribution in [2.24, 2.45) is 5.92 Å². The van der Waals surface area contributed by atoms with Gasteiger partial charge in [0.1, 0.15) is 5.76 Å². The average Bonchev–Trinajstić information content (AvgIpc) is 3.04. The van der Waals surface area contributed by atoms with E-state index in [0.717, 1.165) is 24.0 Å². The number of carbonyl (C=O) groups is 2. The molecule has 3 nitrogen and oxygen atoms in total. The number of ketones is 1. The fourth-order valence-electron chi connectivity index (χ4n) is 4.53. The molecule has 0 spiro atoms. The van der Waals surface area contributed by atoms with E-state index in [0.29, 0.717) is 24.2 Å². The van der Waals surface area contributed by atoms with E-state index in [-0.39, 0.29) is 17.7 Å². The van der Waals surface area contributed by atoms with E-state index in [1.54, 1.807) is 0 Å². The maximum Gasteiger partial charge on any atom is 0.310 e. The molecule has 1 unspecified atom stereocenters. The second-order valence-electron chi connectivity index (χ2n) is 9.60. The molecule has 0 amide bonds. The van der Waals surface area contributed by atoms with Crippen LogP contribution in [0.4, 0.5) is 0 Å². The quantitative estimate of drug-likeness (QED) is 0.192. The third kappa shape index (κ3) is 9.30. The second kappa shape index (κ2) is 15.0. The molecule has 1 aliphatic rings. The number of benzene rings is 1. The van der Waals surface area contributed by atoms with Gasteiger partial charge in [0.05, 0.1) is 5.57 Å². The van der Waals surface area contributed by atoms with Crippen molar-refractivity contribution >= 4 is 17.3 Å². The van der Waals surface area contributed by atoms with Crippen molar-refractivity contribution in [2.75, 3.05) is 0 Å². The molecule has 0 heterocycles. The van der Waals surface area contributed by atoms with Crippen LogP contribution in [0.2, 0.25) is 0 Å². The number of esters is 1. The first-order valence-electron chi connectivity index (χ1n) is 13.1. The molecule has 3 heteroatoms. The van der Waals surface area contributed by atoms with Crippen LogP contribution in [0.15, 0.2) is 30.0 Å². The lowest BCUT2D eigenvalue weighted by molar-refractivity contribution is -0.139. The molecule has 0 N–H and O–H groups in total. The summed E-state index contributed by atoms with van der Waals surface area (Å²) in [6.07, 6.45) is 17.7. The first kappa shape index (κ1) is 26.4. The van der Waals surface area contributed by atoms with Crippen LogP contribution < -0.4 is 0 Å². The van der Waals surface area contributed by atoms with Gasteiger partial charge >= 0.3 is 5.97 Å². The fourth-order valence-corrected chi connectivity index (χ4v) is 4.53. The highest BCUT2D eigenvalue weighted by molar-refractivity contribution is 6.24. The molecule has 1 aliphatic carbocycles. The lowest BCUT2D eigenvalue weighted by Gasteiger charge is -2.09. The summed E-state index contributed by atoms with van der Waals surface area (Å²) in [6.45, 7) is 6.18. The van der Waals surface area contributed by atoms with Gasteiger partial charge in [-0.25, -0.2) is 0 Å². The zero-order chi connectivity index (χ0) is 23.2. The molecule has 178 valence electrons. The zero-order valence-corrected chi connectivity index (χ0v) is 20.7. The van der Waals surface area contributed by atoms with Gasteiger partial charge < -0.3 is 4.74 Å². The van der Waals surface area contributed by atoms with Crippen molar-refractivity contribution in [1.82, 2.24) is 0 Å². The normalized spacial score (nSPS) is 16.1. The minimum atomic E-state index is -0.199. The van der Waals surface area contributed by atoms with Gasteiger partial charge in [0.25, 0.3) is 0 Å². The minimum Gasteiger partial charge on any atom is -0.430 e. The molecule has 0 bridgehead atoms. The zero-order valence-electron chi connectivity index (χ0n) is 20.7. The summed E-state index contributed by atoms with van der Waals surface area (Å²) in [6, 6.07) is 7.87. The molecule has 0 saturated carbocycles.